The minimum Gasteiger partial charge on any atom is -0.467 e. The average molecular weight is 435 g/mol. The lowest BCUT2D eigenvalue weighted by molar-refractivity contribution is -0.141. The third-order valence-electron chi connectivity index (χ3n) is 4.35. The zero-order chi connectivity index (χ0) is 21.9. The van der Waals surface area contributed by atoms with Crippen molar-refractivity contribution >= 4 is 23.5 Å². The van der Waals surface area contributed by atoms with E-state index in [4.69, 9.17) is 4.42 Å². The number of anilines is 1. The second-order valence-corrected chi connectivity index (χ2v) is 7.21. The summed E-state index contributed by atoms with van der Waals surface area (Å²) in [6.45, 7) is 3.90. The van der Waals surface area contributed by atoms with E-state index in [2.05, 4.69) is 21.4 Å². The average Bonchev–Trinajstić information content (AvgIpc) is 3.29. The standard InChI is InChI=1S/C19H16F3N5O2S/c1-11-12(2)27(9-13-4-3-7-29-13)17(14(11)8-23)26-16(28)10-30-18-24-6-5-15(25-18)19(20,21)22/h3-7H,9-10H2,1-2H3,(H,26,28). The minimum atomic E-state index is -4.59. The number of rotatable bonds is 6. The van der Waals surface area contributed by atoms with E-state index in [1.54, 1.807) is 23.6 Å². The smallest absolute Gasteiger partial charge is 0.433 e. The highest BCUT2D eigenvalue weighted by molar-refractivity contribution is 7.99. The molecule has 0 radical (unpaired) electrons. The molecule has 0 unspecified atom stereocenters. The Bertz CT molecular complexity index is 1100. The fourth-order valence-corrected chi connectivity index (χ4v) is 3.38. The molecule has 11 heteroatoms. The van der Waals surface area contributed by atoms with Crippen molar-refractivity contribution in [3.8, 4) is 6.07 Å². The quantitative estimate of drug-likeness (QED) is 0.461. The van der Waals surface area contributed by atoms with Crippen molar-refractivity contribution < 1.29 is 22.4 Å². The van der Waals surface area contributed by atoms with Crippen LogP contribution in [0.4, 0.5) is 19.0 Å². The molecule has 0 saturated carbocycles. The Morgan fingerprint density at radius 1 is 1.37 bits per heavy atom. The molecule has 0 aromatic carbocycles. The van der Waals surface area contributed by atoms with Crippen LogP contribution in [0.2, 0.25) is 0 Å². The molecule has 0 atom stereocenters. The molecular weight excluding hydrogens is 419 g/mol. The monoisotopic (exact) mass is 435 g/mol. The number of thioether (sulfide) groups is 1. The molecule has 1 N–H and O–H groups in total. The second-order valence-electron chi connectivity index (χ2n) is 6.27. The van der Waals surface area contributed by atoms with Crippen molar-refractivity contribution in [3.05, 3.63) is 58.9 Å². The van der Waals surface area contributed by atoms with Gasteiger partial charge in [0.05, 0.1) is 24.1 Å². The van der Waals surface area contributed by atoms with Crippen LogP contribution in [-0.4, -0.2) is 26.2 Å². The van der Waals surface area contributed by atoms with Crippen molar-refractivity contribution in [2.24, 2.45) is 0 Å². The lowest BCUT2D eigenvalue weighted by atomic mass is 10.2. The first-order valence-corrected chi connectivity index (χ1v) is 9.64. The van der Waals surface area contributed by atoms with Crippen LogP contribution >= 0.6 is 11.8 Å². The minimum absolute atomic E-state index is 0.168. The predicted octanol–water partition coefficient (Wildman–Crippen LogP) is 4.16. The summed E-state index contributed by atoms with van der Waals surface area (Å²) in [4.78, 5) is 19.6. The molecule has 1 amide bonds. The van der Waals surface area contributed by atoms with Gasteiger partial charge >= 0.3 is 6.18 Å². The number of carbonyl (C=O) groups is 1. The van der Waals surface area contributed by atoms with Crippen molar-refractivity contribution in [2.45, 2.75) is 31.7 Å². The number of carbonyl (C=O) groups excluding carboxylic acids is 1. The largest absolute Gasteiger partial charge is 0.467 e. The van der Waals surface area contributed by atoms with Gasteiger partial charge in [-0.25, -0.2) is 9.97 Å². The van der Waals surface area contributed by atoms with Crippen LogP contribution < -0.4 is 5.32 Å². The van der Waals surface area contributed by atoms with Gasteiger partial charge in [-0.3, -0.25) is 4.79 Å². The van der Waals surface area contributed by atoms with E-state index in [1.807, 2.05) is 6.92 Å². The molecule has 0 spiro atoms. The van der Waals surface area contributed by atoms with Gasteiger partial charge in [-0.15, -0.1) is 0 Å². The fourth-order valence-electron chi connectivity index (χ4n) is 2.75. The van der Waals surface area contributed by atoms with Gasteiger partial charge in [-0.1, -0.05) is 11.8 Å². The Morgan fingerprint density at radius 2 is 2.13 bits per heavy atom. The van der Waals surface area contributed by atoms with Crippen LogP contribution in [-0.2, 0) is 17.5 Å². The molecule has 3 aromatic heterocycles. The molecule has 0 aliphatic carbocycles. The van der Waals surface area contributed by atoms with Crippen molar-refractivity contribution in [1.29, 1.82) is 5.26 Å². The van der Waals surface area contributed by atoms with Crippen LogP contribution in [0.15, 0.2) is 40.2 Å². The molecule has 0 bridgehead atoms. The van der Waals surface area contributed by atoms with E-state index < -0.39 is 17.8 Å². The fraction of sp³-hybridized carbons (Fsp3) is 0.263. The van der Waals surface area contributed by atoms with Gasteiger partial charge in [-0.05, 0) is 37.6 Å². The molecule has 3 rings (SSSR count). The molecule has 3 heterocycles. The third-order valence-corrected chi connectivity index (χ3v) is 5.21. The highest BCUT2D eigenvalue weighted by Gasteiger charge is 2.32. The highest BCUT2D eigenvalue weighted by Crippen LogP contribution is 2.29. The molecule has 0 aliphatic heterocycles. The molecular formula is C19H16F3N5O2S. The van der Waals surface area contributed by atoms with Crippen LogP contribution in [0.3, 0.4) is 0 Å². The van der Waals surface area contributed by atoms with E-state index in [0.717, 1.165) is 29.7 Å². The molecule has 156 valence electrons. The molecule has 0 saturated heterocycles. The molecule has 0 aliphatic rings. The summed E-state index contributed by atoms with van der Waals surface area (Å²) < 4.78 is 45.4. The van der Waals surface area contributed by atoms with Gasteiger partial charge in [0.15, 0.2) is 5.16 Å². The summed E-state index contributed by atoms with van der Waals surface area (Å²) in [5.74, 6) is 0.214. The predicted molar refractivity (Wildman–Crippen MR) is 103 cm³/mol. The number of alkyl halides is 3. The number of nitriles is 1. The third kappa shape index (κ3) is 4.65. The molecule has 7 nitrogen and oxygen atoms in total. The van der Waals surface area contributed by atoms with Gasteiger partial charge in [0.2, 0.25) is 5.91 Å². The second kappa shape index (κ2) is 8.62. The Labute approximate surface area is 173 Å². The summed E-state index contributed by atoms with van der Waals surface area (Å²) in [5, 5.41) is 12.0. The van der Waals surface area contributed by atoms with E-state index in [-0.39, 0.29) is 10.9 Å². The topological polar surface area (TPSA) is 96.7 Å². The zero-order valence-corrected chi connectivity index (χ0v) is 16.8. The van der Waals surface area contributed by atoms with Crippen LogP contribution in [0.1, 0.15) is 28.3 Å². The van der Waals surface area contributed by atoms with Crippen molar-refractivity contribution in [3.63, 3.8) is 0 Å². The van der Waals surface area contributed by atoms with Gasteiger partial charge in [0, 0.05) is 11.9 Å². The Balaban J connectivity index is 1.77. The molecule has 3 aromatic rings. The van der Waals surface area contributed by atoms with Crippen LogP contribution in [0, 0.1) is 25.2 Å². The zero-order valence-electron chi connectivity index (χ0n) is 15.9. The summed E-state index contributed by atoms with van der Waals surface area (Å²) in [6.07, 6.45) is -2.08. The first kappa shape index (κ1) is 21.4. The lowest BCUT2D eigenvalue weighted by Gasteiger charge is -2.12. The normalized spacial score (nSPS) is 11.3. The summed E-state index contributed by atoms with van der Waals surface area (Å²) in [6, 6.07) is 6.35. The maximum Gasteiger partial charge on any atom is 0.433 e. The number of furan rings is 1. The summed E-state index contributed by atoms with van der Waals surface area (Å²) in [7, 11) is 0. The van der Waals surface area contributed by atoms with E-state index in [0.29, 0.717) is 29.2 Å². The summed E-state index contributed by atoms with van der Waals surface area (Å²) >= 11 is 0.769. The van der Waals surface area contributed by atoms with Crippen LogP contribution in [0.25, 0.3) is 0 Å². The molecule has 30 heavy (non-hydrogen) atoms. The van der Waals surface area contributed by atoms with Crippen LogP contribution in [0.5, 0.6) is 0 Å². The Hall–Kier alpha value is -3.26. The van der Waals surface area contributed by atoms with Gasteiger partial charge < -0.3 is 14.3 Å². The van der Waals surface area contributed by atoms with Gasteiger partial charge in [0.1, 0.15) is 23.3 Å². The number of halogens is 3. The van der Waals surface area contributed by atoms with E-state index in [9.17, 15) is 23.2 Å². The number of aromatic nitrogens is 3. The maximum absolute atomic E-state index is 12.8. The maximum atomic E-state index is 12.8. The van der Waals surface area contributed by atoms with Gasteiger partial charge in [0.25, 0.3) is 0 Å². The number of hydrogen-bond donors (Lipinski definition) is 1. The first-order valence-electron chi connectivity index (χ1n) is 8.65. The molecule has 0 fully saturated rings. The Kier molecular flexibility index (Phi) is 6.17. The van der Waals surface area contributed by atoms with Crippen molar-refractivity contribution in [1.82, 2.24) is 14.5 Å². The van der Waals surface area contributed by atoms with E-state index >= 15 is 0 Å². The number of nitrogens with one attached hydrogen (secondary N) is 1. The Morgan fingerprint density at radius 3 is 2.77 bits per heavy atom. The number of amides is 1. The first-order chi connectivity index (χ1) is 14.2. The van der Waals surface area contributed by atoms with Crippen molar-refractivity contribution in [2.75, 3.05) is 11.1 Å². The highest BCUT2D eigenvalue weighted by atomic mass is 32.2. The number of nitrogens with zero attached hydrogens (tertiary/aromatic N) is 4. The SMILES string of the molecule is Cc1c(C#N)c(NC(=O)CSc2nccc(C(F)(F)F)n2)n(Cc2ccco2)c1C. The van der Waals surface area contributed by atoms with Gasteiger partial charge in [-0.2, -0.15) is 18.4 Å². The van der Waals surface area contributed by atoms with E-state index in [1.165, 1.54) is 6.26 Å². The lowest BCUT2D eigenvalue weighted by Crippen LogP contribution is -2.19. The number of hydrogen-bond acceptors (Lipinski definition) is 6. The summed E-state index contributed by atoms with van der Waals surface area (Å²) in [5.41, 5.74) is 0.735.